The molecule has 4 heteroatoms. The molecule has 1 aliphatic rings. The van der Waals surface area contributed by atoms with Gasteiger partial charge in [0.15, 0.2) is 0 Å². The summed E-state index contributed by atoms with van der Waals surface area (Å²) in [5, 5.41) is 11.4. The fourth-order valence-electron chi connectivity index (χ4n) is 4.03. The third-order valence-electron chi connectivity index (χ3n) is 5.91. The third-order valence-corrected chi connectivity index (χ3v) is 5.91. The normalized spacial score (nSPS) is 15.2. The van der Waals surface area contributed by atoms with Crippen molar-refractivity contribution in [2.75, 3.05) is 13.1 Å². The molecule has 3 rings (SSSR count). The summed E-state index contributed by atoms with van der Waals surface area (Å²) < 4.78 is 0. The lowest BCUT2D eigenvalue weighted by Gasteiger charge is -2.37. The third kappa shape index (κ3) is 5.87. The van der Waals surface area contributed by atoms with Crippen molar-refractivity contribution in [3.63, 3.8) is 0 Å². The summed E-state index contributed by atoms with van der Waals surface area (Å²) in [5.41, 5.74) is 4.32. The quantitative estimate of drug-likeness (QED) is 0.513. The second kappa shape index (κ2) is 10.8. The smallest absolute Gasteiger partial charge is 0.208 e. The van der Waals surface area contributed by atoms with E-state index in [-0.39, 0.29) is 6.04 Å². The molecule has 0 radical (unpaired) electrons. The Balaban J connectivity index is 1.84. The fourth-order valence-corrected chi connectivity index (χ4v) is 4.03. The lowest BCUT2D eigenvalue weighted by molar-refractivity contribution is -0.158. The van der Waals surface area contributed by atoms with Crippen LogP contribution >= 0.6 is 0 Å². The van der Waals surface area contributed by atoms with E-state index in [0.29, 0.717) is 18.0 Å². The van der Waals surface area contributed by atoms with Gasteiger partial charge in [0.25, 0.3) is 0 Å². The van der Waals surface area contributed by atoms with Crippen LogP contribution in [-0.4, -0.2) is 29.1 Å². The van der Waals surface area contributed by atoms with Gasteiger partial charge in [0, 0.05) is 25.7 Å². The van der Waals surface area contributed by atoms with E-state index in [0.717, 1.165) is 44.3 Å². The van der Waals surface area contributed by atoms with Crippen molar-refractivity contribution >= 4 is 0 Å². The van der Waals surface area contributed by atoms with Crippen molar-refractivity contribution in [3.05, 3.63) is 83.2 Å². The molecule has 0 aromatic heterocycles. The van der Waals surface area contributed by atoms with Gasteiger partial charge >= 0.3 is 0 Å². The minimum atomic E-state index is 0.259. The molecule has 0 spiro atoms. The molecule has 1 fully saturated rings. The molecule has 0 bridgehead atoms. The van der Waals surface area contributed by atoms with Crippen molar-refractivity contribution in [1.29, 1.82) is 5.26 Å². The van der Waals surface area contributed by atoms with Gasteiger partial charge in [-0.3, -0.25) is 0 Å². The van der Waals surface area contributed by atoms with Crippen molar-refractivity contribution in [2.45, 2.75) is 58.5 Å². The van der Waals surface area contributed by atoms with Crippen LogP contribution in [0.15, 0.2) is 61.0 Å². The van der Waals surface area contributed by atoms with Gasteiger partial charge in [-0.25, -0.2) is 0 Å². The average Bonchev–Trinajstić information content (AvgIpc) is 2.78. The SMILES string of the molecule is C=C(ON1CCCCC1)N(Cc1cc(C#N)ccc1C)[C@@H](CC)Cc1ccccc1. The largest absolute Gasteiger partial charge is 0.388 e. The van der Waals surface area contributed by atoms with E-state index in [1.165, 1.54) is 17.5 Å². The van der Waals surface area contributed by atoms with Crippen LogP contribution in [0.1, 0.15) is 54.9 Å². The predicted octanol–water partition coefficient (Wildman–Crippen LogP) is 5.58. The number of nitrogens with zero attached hydrogens (tertiary/aromatic N) is 3. The molecule has 1 heterocycles. The van der Waals surface area contributed by atoms with Crippen LogP contribution in [0.4, 0.5) is 0 Å². The monoisotopic (exact) mass is 403 g/mol. The Kier molecular flexibility index (Phi) is 7.93. The first-order valence-corrected chi connectivity index (χ1v) is 11.0. The van der Waals surface area contributed by atoms with Gasteiger partial charge in [-0.1, -0.05) is 49.7 Å². The standard InChI is InChI=1S/C26H33N3O/c1-4-26(18-23-11-7-5-8-12-23)29(22(3)30-28-15-9-6-10-16-28)20-25-17-24(19-27)14-13-21(25)2/h5,7-8,11-14,17,26H,3-4,6,9-10,15-16,18,20H2,1-2H3/t26-/m0/s1. The van der Waals surface area contributed by atoms with E-state index in [1.807, 2.05) is 23.3 Å². The van der Waals surface area contributed by atoms with Crippen LogP contribution in [-0.2, 0) is 17.8 Å². The topological polar surface area (TPSA) is 39.5 Å². The Hall–Kier alpha value is -2.77. The molecular weight excluding hydrogens is 370 g/mol. The number of nitriles is 1. The van der Waals surface area contributed by atoms with Gasteiger partial charge in [0.1, 0.15) is 0 Å². The van der Waals surface area contributed by atoms with Crippen molar-refractivity contribution in [1.82, 2.24) is 9.96 Å². The van der Waals surface area contributed by atoms with Crippen LogP contribution in [0.25, 0.3) is 0 Å². The van der Waals surface area contributed by atoms with E-state index in [1.54, 1.807) is 0 Å². The number of aryl methyl sites for hydroxylation is 1. The molecule has 1 saturated heterocycles. The number of hydrogen-bond donors (Lipinski definition) is 0. The Morgan fingerprint density at radius 3 is 2.57 bits per heavy atom. The van der Waals surface area contributed by atoms with Crippen LogP contribution in [0, 0.1) is 18.3 Å². The second-order valence-corrected chi connectivity index (χ2v) is 8.11. The molecule has 0 unspecified atom stereocenters. The summed E-state index contributed by atoms with van der Waals surface area (Å²) >= 11 is 0. The van der Waals surface area contributed by atoms with Crippen molar-refractivity contribution in [3.8, 4) is 6.07 Å². The zero-order valence-electron chi connectivity index (χ0n) is 18.3. The summed E-state index contributed by atoms with van der Waals surface area (Å²) in [6.07, 6.45) is 5.50. The molecule has 2 aromatic carbocycles. The van der Waals surface area contributed by atoms with Gasteiger partial charge in [-0.15, -0.1) is 5.06 Å². The maximum atomic E-state index is 9.35. The first kappa shape index (κ1) is 21.9. The molecule has 0 N–H and O–H groups in total. The average molecular weight is 404 g/mol. The summed E-state index contributed by atoms with van der Waals surface area (Å²) in [6, 6.07) is 19.0. The van der Waals surface area contributed by atoms with E-state index in [4.69, 9.17) is 4.84 Å². The minimum Gasteiger partial charge on any atom is -0.388 e. The first-order valence-electron chi connectivity index (χ1n) is 11.0. The zero-order valence-corrected chi connectivity index (χ0v) is 18.3. The molecule has 0 aliphatic carbocycles. The Bertz CT molecular complexity index is 866. The molecular formula is C26H33N3O. The van der Waals surface area contributed by atoms with Crippen molar-refractivity contribution in [2.24, 2.45) is 0 Å². The highest BCUT2D eigenvalue weighted by Gasteiger charge is 2.23. The van der Waals surface area contributed by atoms with E-state index in [9.17, 15) is 5.26 Å². The van der Waals surface area contributed by atoms with E-state index in [2.05, 4.69) is 61.7 Å². The van der Waals surface area contributed by atoms with Crippen LogP contribution in [0.5, 0.6) is 0 Å². The molecule has 0 saturated carbocycles. The van der Waals surface area contributed by atoms with Crippen LogP contribution < -0.4 is 0 Å². The molecule has 1 aliphatic heterocycles. The summed E-state index contributed by atoms with van der Waals surface area (Å²) in [5.74, 6) is 0.696. The van der Waals surface area contributed by atoms with Gasteiger partial charge in [-0.05, 0) is 68.0 Å². The minimum absolute atomic E-state index is 0.259. The zero-order chi connectivity index (χ0) is 21.3. The van der Waals surface area contributed by atoms with Gasteiger partial charge < -0.3 is 9.74 Å². The fraction of sp³-hybridized carbons (Fsp3) is 0.423. The van der Waals surface area contributed by atoms with Gasteiger partial charge in [0.05, 0.1) is 11.6 Å². The Labute approximate surface area is 181 Å². The Morgan fingerprint density at radius 1 is 1.17 bits per heavy atom. The molecule has 30 heavy (non-hydrogen) atoms. The molecule has 0 amide bonds. The number of hydroxylamine groups is 2. The van der Waals surface area contributed by atoms with Crippen molar-refractivity contribution < 1.29 is 4.84 Å². The van der Waals surface area contributed by atoms with Crippen LogP contribution in [0.2, 0.25) is 0 Å². The van der Waals surface area contributed by atoms with Gasteiger partial charge in [-0.2, -0.15) is 5.26 Å². The van der Waals surface area contributed by atoms with Crippen LogP contribution in [0.3, 0.4) is 0 Å². The second-order valence-electron chi connectivity index (χ2n) is 8.11. The molecule has 4 nitrogen and oxygen atoms in total. The number of benzene rings is 2. The Morgan fingerprint density at radius 2 is 1.90 bits per heavy atom. The van der Waals surface area contributed by atoms with Gasteiger partial charge in [0.2, 0.25) is 5.88 Å². The predicted molar refractivity (Wildman–Crippen MR) is 121 cm³/mol. The van der Waals surface area contributed by atoms with E-state index < -0.39 is 0 Å². The highest BCUT2D eigenvalue weighted by atomic mass is 16.7. The molecule has 158 valence electrons. The maximum absolute atomic E-state index is 9.35. The highest BCUT2D eigenvalue weighted by molar-refractivity contribution is 5.37. The maximum Gasteiger partial charge on any atom is 0.208 e. The first-order chi connectivity index (χ1) is 14.6. The molecule has 2 aromatic rings. The summed E-state index contributed by atoms with van der Waals surface area (Å²) in [7, 11) is 0. The highest BCUT2D eigenvalue weighted by Crippen LogP contribution is 2.24. The number of rotatable bonds is 9. The number of hydrogen-bond acceptors (Lipinski definition) is 4. The summed E-state index contributed by atoms with van der Waals surface area (Å²) in [6.45, 7) is 11.2. The summed E-state index contributed by atoms with van der Waals surface area (Å²) in [4.78, 5) is 8.53. The number of piperidine rings is 1. The lowest BCUT2D eigenvalue weighted by atomic mass is 10.00. The lowest BCUT2D eigenvalue weighted by Crippen LogP contribution is -2.40. The molecule has 1 atom stereocenters. The van der Waals surface area contributed by atoms with E-state index >= 15 is 0 Å².